The van der Waals surface area contributed by atoms with Crippen molar-refractivity contribution in [3.8, 4) is 11.1 Å². The fraction of sp³-hybridized carbons (Fsp3) is 0.286. The summed E-state index contributed by atoms with van der Waals surface area (Å²) in [6.07, 6.45) is 2.68. The van der Waals surface area contributed by atoms with Gasteiger partial charge in [-0.05, 0) is 44.1 Å². The van der Waals surface area contributed by atoms with Crippen LogP contribution >= 0.6 is 23.6 Å². The summed E-state index contributed by atoms with van der Waals surface area (Å²) < 4.78 is 7.00. The topological polar surface area (TPSA) is 68.2 Å². The van der Waals surface area contributed by atoms with Crippen LogP contribution in [0.5, 0.6) is 0 Å². The minimum atomic E-state index is -0.382. The summed E-state index contributed by atoms with van der Waals surface area (Å²) in [6.45, 7) is 5.55. The summed E-state index contributed by atoms with van der Waals surface area (Å²) in [7, 11) is 1.39. The highest BCUT2D eigenvalue weighted by molar-refractivity contribution is 7.80. The Balaban J connectivity index is 1.69. The zero-order chi connectivity index (χ0) is 20.8. The molecule has 0 aliphatic heterocycles. The summed E-state index contributed by atoms with van der Waals surface area (Å²) in [5.41, 5.74) is 3.50. The molecule has 0 radical (unpaired) electrons. The quantitative estimate of drug-likeness (QED) is 0.330. The number of methoxy groups -OCH3 is 1. The lowest BCUT2D eigenvalue weighted by Gasteiger charge is -2.11. The lowest BCUT2D eigenvalue weighted by Crippen LogP contribution is -2.30. The van der Waals surface area contributed by atoms with Crippen LogP contribution in [0.25, 0.3) is 11.1 Å². The highest BCUT2D eigenvalue weighted by Gasteiger charge is 2.24. The molecule has 3 aromatic rings. The maximum absolute atomic E-state index is 12.5. The van der Waals surface area contributed by atoms with Gasteiger partial charge in [0, 0.05) is 35.4 Å². The molecule has 0 amide bonds. The van der Waals surface area contributed by atoms with E-state index < -0.39 is 0 Å². The van der Waals surface area contributed by atoms with Crippen molar-refractivity contribution >= 4 is 39.6 Å². The number of thiocarbonyl (C=S) groups is 1. The predicted octanol–water partition coefficient (Wildman–Crippen LogP) is 4.39. The molecule has 2 aromatic heterocycles. The van der Waals surface area contributed by atoms with Gasteiger partial charge >= 0.3 is 5.97 Å². The molecule has 29 heavy (non-hydrogen) atoms. The van der Waals surface area contributed by atoms with Crippen molar-refractivity contribution in [2.24, 2.45) is 0 Å². The minimum Gasteiger partial charge on any atom is -0.465 e. The molecule has 8 heteroatoms. The molecule has 0 aliphatic rings. The van der Waals surface area contributed by atoms with E-state index in [1.165, 1.54) is 18.4 Å². The molecular weight excluding hydrogens is 404 g/mol. The number of aryl methyl sites for hydroxylation is 3. The second kappa shape index (κ2) is 9.67. The Morgan fingerprint density at radius 2 is 2.00 bits per heavy atom. The molecule has 0 spiro atoms. The SMILES string of the molecule is COC(=O)c1c(NC(=S)NCCCn2nccc2C)sc(C)c1-c1ccccc1. The van der Waals surface area contributed by atoms with Crippen LogP contribution in [0.4, 0.5) is 5.00 Å². The number of hydrogen-bond donors (Lipinski definition) is 2. The smallest absolute Gasteiger partial charge is 0.341 e. The van der Waals surface area contributed by atoms with Gasteiger partial charge in [-0.3, -0.25) is 4.68 Å². The number of anilines is 1. The number of carbonyl (C=O) groups excluding carboxylic acids is 1. The highest BCUT2D eigenvalue weighted by Crippen LogP contribution is 2.40. The van der Waals surface area contributed by atoms with Crippen molar-refractivity contribution in [1.29, 1.82) is 0 Å². The van der Waals surface area contributed by atoms with Crippen LogP contribution in [0, 0.1) is 13.8 Å². The van der Waals surface area contributed by atoms with Crippen molar-refractivity contribution in [3.05, 3.63) is 58.7 Å². The number of rotatable bonds is 7. The van der Waals surface area contributed by atoms with Crippen molar-refractivity contribution in [2.45, 2.75) is 26.8 Å². The monoisotopic (exact) mass is 428 g/mol. The number of ether oxygens (including phenoxy) is 1. The van der Waals surface area contributed by atoms with Gasteiger partial charge in [-0.15, -0.1) is 11.3 Å². The van der Waals surface area contributed by atoms with Gasteiger partial charge in [-0.25, -0.2) is 4.79 Å². The van der Waals surface area contributed by atoms with Gasteiger partial charge in [-0.2, -0.15) is 5.10 Å². The Kier molecular flexibility index (Phi) is 7.00. The number of esters is 1. The number of nitrogens with zero attached hydrogens (tertiary/aromatic N) is 2. The van der Waals surface area contributed by atoms with Gasteiger partial charge in [0.25, 0.3) is 0 Å². The normalized spacial score (nSPS) is 10.6. The molecule has 3 rings (SSSR count). The van der Waals surface area contributed by atoms with E-state index in [1.54, 1.807) is 6.20 Å². The number of carbonyl (C=O) groups is 1. The van der Waals surface area contributed by atoms with E-state index in [2.05, 4.69) is 15.7 Å². The van der Waals surface area contributed by atoms with Crippen molar-refractivity contribution < 1.29 is 9.53 Å². The third kappa shape index (κ3) is 5.02. The average Bonchev–Trinajstić information content (AvgIpc) is 3.27. The van der Waals surface area contributed by atoms with Crippen LogP contribution in [0.3, 0.4) is 0 Å². The molecule has 2 heterocycles. The average molecular weight is 429 g/mol. The summed E-state index contributed by atoms with van der Waals surface area (Å²) >= 11 is 6.93. The lowest BCUT2D eigenvalue weighted by molar-refractivity contribution is 0.0603. The molecule has 0 aliphatic carbocycles. The fourth-order valence-electron chi connectivity index (χ4n) is 3.09. The minimum absolute atomic E-state index is 0.382. The largest absolute Gasteiger partial charge is 0.465 e. The van der Waals surface area contributed by atoms with Gasteiger partial charge in [0.1, 0.15) is 10.6 Å². The molecule has 0 atom stereocenters. The molecule has 6 nitrogen and oxygen atoms in total. The molecule has 0 fully saturated rings. The zero-order valence-corrected chi connectivity index (χ0v) is 18.3. The first-order chi connectivity index (χ1) is 14.0. The van der Waals surface area contributed by atoms with E-state index in [-0.39, 0.29) is 5.97 Å². The van der Waals surface area contributed by atoms with E-state index in [0.717, 1.165) is 34.7 Å². The van der Waals surface area contributed by atoms with Crippen LogP contribution in [-0.2, 0) is 11.3 Å². The number of hydrogen-bond acceptors (Lipinski definition) is 5. The maximum Gasteiger partial charge on any atom is 0.341 e. The Hall–Kier alpha value is -2.71. The van der Waals surface area contributed by atoms with E-state index in [0.29, 0.717) is 22.2 Å². The molecule has 0 saturated carbocycles. The van der Waals surface area contributed by atoms with Crippen molar-refractivity contribution in [3.63, 3.8) is 0 Å². The molecular formula is C21H24N4O2S2. The van der Waals surface area contributed by atoms with Crippen LogP contribution in [-0.4, -0.2) is 34.5 Å². The predicted molar refractivity (Wildman–Crippen MR) is 122 cm³/mol. The number of aromatic nitrogens is 2. The number of thiophene rings is 1. The summed E-state index contributed by atoms with van der Waals surface area (Å²) in [5, 5.41) is 11.8. The third-order valence-electron chi connectivity index (χ3n) is 4.52. The summed E-state index contributed by atoms with van der Waals surface area (Å²) in [6, 6.07) is 11.8. The standard InChI is InChI=1S/C21H24N4O2S2/c1-14-10-12-23-25(14)13-7-11-22-21(28)24-19-18(20(26)27-3)17(15(2)29-19)16-8-5-4-6-9-16/h4-6,8-10,12H,7,11,13H2,1-3H3,(H2,22,24,28). The summed E-state index contributed by atoms with van der Waals surface area (Å²) in [4.78, 5) is 13.5. The van der Waals surface area contributed by atoms with Gasteiger partial charge in [0.15, 0.2) is 5.11 Å². The molecule has 1 aromatic carbocycles. The Morgan fingerprint density at radius 3 is 2.66 bits per heavy atom. The Bertz CT molecular complexity index is 996. The Morgan fingerprint density at radius 1 is 1.24 bits per heavy atom. The first-order valence-electron chi connectivity index (χ1n) is 9.31. The van der Waals surface area contributed by atoms with Crippen LogP contribution in [0.15, 0.2) is 42.6 Å². The van der Waals surface area contributed by atoms with E-state index >= 15 is 0 Å². The lowest BCUT2D eigenvalue weighted by atomic mass is 10.0. The molecule has 2 N–H and O–H groups in total. The molecule has 152 valence electrons. The van der Waals surface area contributed by atoms with Crippen LogP contribution < -0.4 is 10.6 Å². The second-order valence-electron chi connectivity index (χ2n) is 6.53. The Labute approximate surface area is 179 Å². The van der Waals surface area contributed by atoms with Gasteiger partial charge in [-0.1, -0.05) is 30.3 Å². The van der Waals surface area contributed by atoms with E-state index in [9.17, 15) is 4.79 Å². The molecule has 0 unspecified atom stereocenters. The fourth-order valence-corrected chi connectivity index (χ4v) is 4.43. The molecule has 0 bridgehead atoms. The summed E-state index contributed by atoms with van der Waals surface area (Å²) in [5.74, 6) is -0.382. The molecule has 0 saturated heterocycles. The van der Waals surface area contributed by atoms with E-state index in [1.807, 2.05) is 54.9 Å². The first kappa shape index (κ1) is 21.0. The first-order valence-corrected chi connectivity index (χ1v) is 10.5. The van der Waals surface area contributed by atoms with Crippen LogP contribution in [0.1, 0.15) is 27.3 Å². The van der Waals surface area contributed by atoms with Crippen molar-refractivity contribution in [2.75, 3.05) is 19.0 Å². The second-order valence-corrected chi connectivity index (χ2v) is 8.16. The van der Waals surface area contributed by atoms with Gasteiger partial charge in [0.2, 0.25) is 0 Å². The maximum atomic E-state index is 12.5. The number of nitrogens with one attached hydrogen (secondary N) is 2. The van der Waals surface area contributed by atoms with Crippen molar-refractivity contribution in [1.82, 2.24) is 15.1 Å². The number of benzene rings is 1. The van der Waals surface area contributed by atoms with Crippen LogP contribution in [0.2, 0.25) is 0 Å². The van der Waals surface area contributed by atoms with Gasteiger partial charge in [0.05, 0.1) is 7.11 Å². The third-order valence-corrected chi connectivity index (χ3v) is 5.79. The van der Waals surface area contributed by atoms with E-state index in [4.69, 9.17) is 17.0 Å². The highest BCUT2D eigenvalue weighted by atomic mass is 32.1. The van der Waals surface area contributed by atoms with Gasteiger partial charge < -0.3 is 15.4 Å². The zero-order valence-electron chi connectivity index (χ0n) is 16.7.